The Morgan fingerprint density at radius 1 is 0.781 bits per heavy atom. The van der Waals surface area contributed by atoms with Gasteiger partial charge in [0, 0.05) is 0 Å². The zero-order valence-electron chi connectivity index (χ0n) is 18.5. The molecule has 1 aliphatic rings. The van der Waals surface area contributed by atoms with Crippen molar-refractivity contribution in [3.63, 3.8) is 0 Å². The number of rotatable bonds is 7. The molecule has 0 bridgehead atoms. The fourth-order valence-corrected chi connectivity index (χ4v) is 4.47. The van der Waals surface area contributed by atoms with Crippen molar-refractivity contribution in [2.75, 3.05) is 13.2 Å². The van der Waals surface area contributed by atoms with Gasteiger partial charge in [-0.25, -0.2) is 0 Å². The Bertz CT molecular complexity index is 1260. The number of benzene rings is 4. The fourth-order valence-electron chi connectivity index (χ4n) is 4.47. The van der Waals surface area contributed by atoms with Crippen LogP contribution in [0, 0.1) is 0 Å². The molecule has 0 aromatic heterocycles. The maximum absolute atomic E-state index is 9.34. The van der Waals surface area contributed by atoms with Crippen LogP contribution < -0.4 is 4.74 Å². The number of fused-ring (bicyclic) bond motifs is 4. The van der Waals surface area contributed by atoms with Crippen LogP contribution in [0.4, 0.5) is 0 Å². The lowest BCUT2D eigenvalue weighted by Gasteiger charge is -2.16. The average Bonchev–Trinajstić information content (AvgIpc) is 3.20. The van der Waals surface area contributed by atoms with E-state index in [2.05, 4.69) is 72.8 Å². The van der Waals surface area contributed by atoms with Crippen LogP contribution in [0.15, 0.2) is 78.9 Å². The summed E-state index contributed by atoms with van der Waals surface area (Å²) in [6, 6.07) is 28.2. The lowest BCUT2D eigenvalue weighted by atomic mass is 9.94. The molecule has 5 rings (SSSR count). The minimum atomic E-state index is -0.465. The van der Waals surface area contributed by atoms with Crippen LogP contribution in [0.2, 0.25) is 0 Å². The summed E-state index contributed by atoms with van der Waals surface area (Å²) in [5.41, 5.74) is 8.09. The third-order valence-corrected chi connectivity index (χ3v) is 6.08. The van der Waals surface area contributed by atoms with Gasteiger partial charge in [0.25, 0.3) is 0 Å². The molecule has 4 aromatic rings. The molecule has 3 heteroatoms. The van der Waals surface area contributed by atoms with Gasteiger partial charge in [-0.3, -0.25) is 0 Å². The summed E-state index contributed by atoms with van der Waals surface area (Å²) >= 11 is 0. The van der Waals surface area contributed by atoms with Crippen LogP contribution in [0.5, 0.6) is 5.75 Å². The third kappa shape index (κ3) is 4.14. The maximum atomic E-state index is 9.34. The Hall–Kier alpha value is -3.14. The second kappa shape index (κ2) is 8.78. The predicted octanol–water partition coefficient (Wildman–Crippen LogP) is 6.24. The predicted molar refractivity (Wildman–Crippen MR) is 130 cm³/mol. The molecule has 1 N–H and O–H groups in total. The van der Waals surface area contributed by atoms with E-state index in [4.69, 9.17) is 9.47 Å². The third-order valence-electron chi connectivity index (χ3n) is 6.08. The van der Waals surface area contributed by atoms with Crippen LogP contribution in [0.25, 0.3) is 33.0 Å². The molecular formula is C29H28O3. The van der Waals surface area contributed by atoms with Crippen molar-refractivity contribution in [2.45, 2.75) is 32.5 Å². The van der Waals surface area contributed by atoms with Crippen LogP contribution in [0.1, 0.15) is 25.0 Å². The van der Waals surface area contributed by atoms with Gasteiger partial charge in [-0.2, -0.15) is 0 Å². The van der Waals surface area contributed by atoms with Gasteiger partial charge >= 0.3 is 0 Å². The first kappa shape index (κ1) is 20.7. The lowest BCUT2D eigenvalue weighted by molar-refractivity contribution is -0.0131. The molecule has 0 saturated carbocycles. The van der Waals surface area contributed by atoms with Gasteiger partial charge in [-0.15, -0.1) is 0 Å². The molecule has 0 radical (unpaired) electrons. The Morgan fingerprint density at radius 3 is 2.41 bits per heavy atom. The summed E-state index contributed by atoms with van der Waals surface area (Å²) in [7, 11) is 0. The van der Waals surface area contributed by atoms with Crippen molar-refractivity contribution in [3.8, 4) is 28.0 Å². The van der Waals surface area contributed by atoms with Crippen LogP contribution in [-0.4, -0.2) is 30.5 Å². The normalized spacial score (nSPS) is 14.1. The summed E-state index contributed by atoms with van der Waals surface area (Å²) in [5.74, 6) is 0.828. The highest BCUT2D eigenvalue weighted by molar-refractivity contribution is 5.91. The second-order valence-corrected chi connectivity index (χ2v) is 8.69. The number of aliphatic hydroxyl groups excluding tert-OH is 1. The number of ether oxygens (including phenoxy) is 2. The van der Waals surface area contributed by atoms with Crippen molar-refractivity contribution in [3.05, 3.63) is 90.0 Å². The molecule has 0 heterocycles. The molecule has 0 fully saturated rings. The molecule has 0 saturated heterocycles. The highest BCUT2D eigenvalue weighted by atomic mass is 16.5. The van der Waals surface area contributed by atoms with E-state index in [9.17, 15) is 5.11 Å². The standard InChI is InChI=1S/C29H28O3/c1-19(30)17-31-20(2)18-32-25-13-12-21-14-24(11-10-22(21)15-25)27-8-5-9-28-26-7-4-3-6-23(26)16-29(27)28/h3-15,19-20,30H,16-18H2,1-2H3. The van der Waals surface area contributed by atoms with Crippen molar-refractivity contribution < 1.29 is 14.6 Å². The Labute approximate surface area is 189 Å². The van der Waals surface area contributed by atoms with Crippen molar-refractivity contribution in [2.24, 2.45) is 0 Å². The summed E-state index contributed by atoms with van der Waals surface area (Å²) in [5, 5.41) is 11.7. The van der Waals surface area contributed by atoms with E-state index in [-0.39, 0.29) is 6.10 Å². The fraction of sp³-hybridized carbons (Fsp3) is 0.241. The van der Waals surface area contributed by atoms with E-state index in [0.717, 1.165) is 17.6 Å². The van der Waals surface area contributed by atoms with Gasteiger partial charge in [0.05, 0.1) is 18.8 Å². The summed E-state index contributed by atoms with van der Waals surface area (Å²) in [6.45, 7) is 4.44. The van der Waals surface area contributed by atoms with Crippen LogP contribution in [0.3, 0.4) is 0 Å². The quantitative estimate of drug-likeness (QED) is 0.336. The topological polar surface area (TPSA) is 38.7 Å². The van der Waals surface area contributed by atoms with Crippen LogP contribution in [-0.2, 0) is 11.2 Å². The Morgan fingerprint density at radius 2 is 1.53 bits per heavy atom. The molecule has 4 aromatic carbocycles. The Kier molecular flexibility index (Phi) is 5.69. The number of hydrogen-bond acceptors (Lipinski definition) is 3. The van der Waals surface area contributed by atoms with E-state index in [0.29, 0.717) is 13.2 Å². The molecular weight excluding hydrogens is 396 g/mol. The molecule has 32 heavy (non-hydrogen) atoms. The van der Waals surface area contributed by atoms with Crippen molar-refractivity contribution in [1.82, 2.24) is 0 Å². The van der Waals surface area contributed by atoms with Crippen molar-refractivity contribution in [1.29, 1.82) is 0 Å². The molecule has 0 amide bonds. The molecule has 0 spiro atoms. The molecule has 2 unspecified atom stereocenters. The molecule has 2 atom stereocenters. The monoisotopic (exact) mass is 424 g/mol. The summed E-state index contributed by atoms with van der Waals surface area (Å²) in [4.78, 5) is 0. The molecule has 3 nitrogen and oxygen atoms in total. The van der Waals surface area contributed by atoms with Gasteiger partial charge in [-0.1, -0.05) is 60.7 Å². The zero-order valence-corrected chi connectivity index (χ0v) is 18.5. The highest BCUT2D eigenvalue weighted by Gasteiger charge is 2.21. The van der Waals surface area contributed by atoms with Crippen LogP contribution >= 0.6 is 0 Å². The van der Waals surface area contributed by atoms with E-state index >= 15 is 0 Å². The minimum absolute atomic E-state index is 0.0769. The number of aliphatic hydroxyl groups is 1. The second-order valence-electron chi connectivity index (χ2n) is 8.69. The SMILES string of the molecule is CC(O)COC(C)COc1ccc2cc(-c3cccc4c3Cc3ccccc3-4)ccc2c1. The zero-order chi connectivity index (χ0) is 22.1. The van der Waals surface area contributed by atoms with E-state index in [1.54, 1.807) is 6.92 Å². The van der Waals surface area contributed by atoms with E-state index < -0.39 is 6.10 Å². The largest absolute Gasteiger partial charge is 0.491 e. The van der Waals surface area contributed by atoms with Gasteiger partial charge in [0.1, 0.15) is 12.4 Å². The average molecular weight is 425 g/mol. The van der Waals surface area contributed by atoms with Gasteiger partial charge < -0.3 is 14.6 Å². The number of hydrogen-bond donors (Lipinski definition) is 1. The van der Waals surface area contributed by atoms with E-state index in [1.807, 2.05) is 13.0 Å². The van der Waals surface area contributed by atoms with Gasteiger partial charge in [0.2, 0.25) is 0 Å². The maximum Gasteiger partial charge on any atom is 0.120 e. The molecule has 162 valence electrons. The minimum Gasteiger partial charge on any atom is -0.491 e. The lowest BCUT2D eigenvalue weighted by Crippen LogP contribution is -2.22. The van der Waals surface area contributed by atoms with Gasteiger partial charge in [0.15, 0.2) is 0 Å². The summed E-state index contributed by atoms with van der Waals surface area (Å²) < 4.78 is 11.5. The Balaban J connectivity index is 1.37. The molecule has 1 aliphatic carbocycles. The van der Waals surface area contributed by atoms with Gasteiger partial charge in [-0.05, 0) is 82.6 Å². The first-order valence-corrected chi connectivity index (χ1v) is 11.3. The summed E-state index contributed by atoms with van der Waals surface area (Å²) in [6.07, 6.45) is 0.446. The highest BCUT2D eigenvalue weighted by Crippen LogP contribution is 2.41. The smallest absolute Gasteiger partial charge is 0.120 e. The van der Waals surface area contributed by atoms with Crippen molar-refractivity contribution >= 4 is 10.8 Å². The molecule has 0 aliphatic heterocycles. The first-order valence-electron chi connectivity index (χ1n) is 11.3. The first-order chi connectivity index (χ1) is 15.6. The van der Waals surface area contributed by atoms with E-state index in [1.165, 1.54) is 38.8 Å².